The first-order valence-electron chi connectivity index (χ1n) is 11.9. The number of amides is 1. The number of aryl methyl sites for hydroxylation is 1. The fourth-order valence-corrected chi connectivity index (χ4v) is 4.58. The molecule has 1 aromatic carbocycles. The molecule has 0 unspecified atom stereocenters. The van der Waals surface area contributed by atoms with Crippen LogP contribution in [0.4, 0.5) is 5.82 Å². The van der Waals surface area contributed by atoms with Crippen LogP contribution in [0.1, 0.15) is 47.8 Å². The van der Waals surface area contributed by atoms with E-state index >= 15 is 0 Å². The number of pyridine rings is 1. The van der Waals surface area contributed by atoms with Crippen LogP contribution < -0.4 is 20.4 Å². The van der Waals surface area contributed by atoms with Crippen molar-refractivity contribution in [3.63, 3.8) is 0 Å². The number of aromatic hydroxyl groups is 2. The molecular formula is C27H28N4O6. The van der Waals surface area contributed by atoms with Gasteiger partial charge in [-0.15, -0.1) is 0 Å². The standard InChI is InChI=1S/C27H28N4O6/c1-16-12-22(33)25(35)26(37-16)20(17-5-6-21(32)23(13-17)36-2)14-24(34)30-19-7-10-31(11-8-19)27-18(15-28)4-3-9-29-27/h3-6,9,12-13,19-20,32,35H,7-8,10-11,14H2,1-2H3,(H,30,34)/t20-/m0/s1. The van der Waals surface area contributed by atoms with E-state index in [1.807, 2.05) is 4.90 Å². The number of phenols is 1. The maximum Gasteiger partial charge on any atom is 0.227 e. The summed E-state index contributed by atoms with van der Waals surface area (Å²) < 4.78 is 10.9. The van der Waals surface area contributed by atoms with Crippen LogP contribution in [-0.4, -0.2) is 47.3 Å². The van der Waals surface area contributed by atoms with Crippen LogP contribution in [0, 0.1) is 18.3 Å². The second-order valence-electron chi connectivity index (χ2n) is 8.94. The highest BCUT2D eigenvalue weighted by Crippen LogP contribution is 2.37. The van der Waals surface area contributed by atoms with Crippen LogP contribution >= 0.6 is 0 Å². The van der Waals surface area contributed by atoms with Gasteiger partial charge < -0.3 is 29.6 Å². The summed E-state index contributed by atoms with van der Waals surface area (Å²) in [5, 5.41) is 32.9. The smallest absolute Gasteiger partial charge is 0.227 e. The Kier molecular flexibility index (Phi) is 7.63. The number of nitriles is 1. The lowest BCUT2D eigenvalue weighted by Gasteiger charge is -2.33. The topological polar surface area (TPSA) is 149 Å². The lowest BCUT2D eigenvalue weighted by atomic mass is 9.91. The van der Waals surface area contributed by atoms with Gasteiger partial charge in [-0.25, -0.2) is 4.98 Å². The fraction of sp³-hybridized carbons (Fsp3) is 0.333. The molecule has 1 amide bonds. The molecule has 1 saturated heterocycles. The molecule has 0 bridgehead atoms. The Bertz CT molecular complexity index is 1390. The van der Waals surface area contributed by atoms with Gasteiger partial charge in [-0.05, 0) is 49.6 Å². The number of piperidine rings is 1. The van der Waals surface area contributed by atoms with Crippen molar-refractivity contribution in [3.05, 3.63) is 75.5 Å². The molecule has 10 nitrogen and oxygen atoms in total. The van der Waals surface area contributed by atoms with E-state index in [9.17, 15) is 25.1 Å². The van der Waals surface area contributed by atoms with Crippen molar-refractivity contribution in [3.8, 4) is 23.3 Å². The number of aromatic nitrogens is 1. The van der Waals surface area contributed by atoms with Crippen LogP contribution in [0.5, 0.6) is 17.2 Å². The molecule has 1 aliphatic rings. The molecule has 1 atom stereocenters. The SMILES string of the molecule is COc1cc([C@H](CC(=O)NC2CCN(c3ncccc3C#N)CC2)c2oc(C)cc(=O)c2O)ccc1O. The zero-order valence-electron chi connectivity index (χ0n) is 20.6. The number of rotatable bonds is 7. The number of anilines is 1. The van der Waals surface area contributed by atoms with Gasteiger partial charge in [0.25, 0.3) is 0 Å². The second-order valence-corrected chi connectivity index (χ2v) is 8.94. The average molecular weight is 505 g/mol. The van der Waals surface area contributed by atoms with E-state index in [0.29, 0.717) is 48.6 Å². The molecule has 1 aliphatic heterocycles. The van der Waals surface area contributed by atoms with Gasteiger partial charge in [-0.1, -0.05) is 6.07 Å². The van der Waals surface area contributed by atoms with Crippen LogP contribution in [0.3, 0.4) is 0 Å². The Morgan fingerprint density at radius 3 is 2.76 bits per heavy atom. The number of carbonyl (C=O) groups is 1. The summed E-state index contributed by atoms with van der Waals surface area (Å²) in [7, 11) is 1.40. The van der Waals surface area contributed by atoms with Gasteiger partial charge in [0.1, 0.15) is 17.6 Å². The van der Waals surface area contributed by atoms with Crippen LogP contribution in [-0.2, 0) is 4.79 Å². The average Bonchev–Trinajstić information content (AvgIpc) is 2.90. The zero-order valence-corrected chi connectivity index (χ0v) is 20.6. The Hall–Kier alpha value is -4.52. The minimum absolute atomic E-state index is 0.0260. The van der Waals surface area contributed by atoms with E-state index in [1.165, 1.54) is 19.2 Å². The van der Waals surface area contributed by atoms with Crippen molar-refractivity contribution in [1.29, 1.82) is 5.26 Å². The summed E-state index contributed by atoms with van der Waals surface area (Å²) in [6.45, 7) is 2.84. The number of hydrogen-bond donors (Lipinski definition) is 3. The molecule has 0 radical (unpaired) electrons. The predicted octanol–water partition coefficient (Wildman–Crippen LogP) is 2.94. The van der Waals surface area contributed by atoms with Gasteiger partial charge >= 0.3 is 0 Å². The van der Waals surface area contributed by atoms with E-state index in [2.05, 4.69) is 16.4 Å². The molecular weight excluding hydrogens is 476 g/mol. The molecule has 1 fully saturated rings. The zero-order chi connectivity index (χ0) is 26.5. The van der Waals surface area contributed by atoms with Crippen molar-refractivity contribution in [2.24, 2.45) is 0 Å². The summed E-state index contributed by atoms with van der Waals surface area (Å²) in [4.78, 5) is 31.8. The molecule has 3 N–H and O–H groups in total. The predicted molar refractivity (Wildman–Crippen MR) is 135 cm³/mol. The molecule has 0 aliphatic carbocycles. The van der Waals surface area contributed by atoms with Crippen molar-refractivity contribution in [1.82, 2.24) is 10.3 Å². The van der Waals surface area contributed by atoms with Crippen molar-refractivity contribution >= 4 is 11.7 Å². The van der Waals surface area contributed by atoms with Gasteiger partial charge in [0, 0.05) is 37.8 Å². The molecule has 3 aromatic rings. The number of ether oxygens (including phenoxy) is 1. The molecule has 0 saturated carbocycles. The Morgan fingerprint density at radius 2 is 2.05 bits per heavy atom. The monoisotopic (exact) mass is 504 g/mol. The van der Waals surface area contributed by atoms with Crippen LogP contribution in [0.25, 0.3) is 0 Å². The van der Waals surface area contributed by atoms with Crippen molar-refractivity contribution < 1.29 is 24.2 Å². The van der Waals surface area contributed by atoms with E-state index in [-0.39, 0.29) is 35.6 Å². The quantitative estimate of drug-likeness (QED) is 0.441. The number of benzene rings is 1. The van der Waals surface area contributed by atoms with E-state index in [0.717, 1.165) is 0 Å². The largest absolute Gasteiger partial charge is 0.504 e. The first kappa shape index (κ1) is 25.6. The second kappa shape index (κ2) is 11.0. The highest BCUT2D eigenvalue weighted by atomic mass is 16.5. The van der Waals surface area contributed by atoms with Crippen LogP contribution in [0.2, 0.25) is 0 Å². The number of nitrogens with zero attached hydrogens (tertiary/aromatic N) is 3. The third kappa shape index (κ3) is 5.67. The van der Waals surface area contributed by atoms with Gasteiger partial charge in [0.05, 0.1) is 18.6 Å². The number of carbonyl (C=O) groups excluding carboxylic acids is 1. The van der Waals surface area contributed by atoms with E-state index in [4.69, 9.17) is 9.15 Å². The number of hydrogen-bond acceptors (Lipinski definition) is 9. The minimum atomic E-state index is -0.797. The van der Waals surface area contributed by atoms with Gasteiger partial charge in [-0.3, -0.25) is 9.59 Å². The molecule has 10 heteroatoms. The van der Waals surface area contributed by atoms with E-state index < -0.39 is 17.1 Å². The number of nitrogens with one attached hydrogen (secondary N) is 1. The Balaban J connectivity index is 1.51. The Morgan fingerprint density at radius 1 is 1.30 bits per heavy atom. The van der Waals surface area contributed by atoms with E-state index in [1.54, 1.807) is 37.4 Å². The number of phenolic OH excluding ortho intramolecular Hbond substituents is 1. The van der Waals surface area contributed by atoms with Crippen molar-refractivity contribution in [2.75, 3.05) is 25.1 Å². The molecule has 2 aromatic heterocycles. The summed E-state index contributed by atoms with van der Waals surface area (Å²) >= 11 is 0. The third-order valence-electron chi connectivity index (χ3n) is 6.45. The molecule has 192 valence electrons. The summed E-state index contributed by atoms with van der Waals surface area (Å²) in [6.07, 6.45) is 2.87. The van der Waals surface area contributed by atoms with Crippen LogP contribution in [0.15, 0.2) is 51.8 Å². The number of methoxy groups -OCH3 is 1. The summed E-state index contributed by atoms with van der Waals surface area (Å²) in [5.74, 6) is -0.619. The normalized spacial score (nSPS) is 14.6. The first-order chi connectivity index (χ1) is 17.8. The molecule has 37 heavy (non-hydrogen) atoms. The maximum absolute atomic E-state index is 13.2. The third-order valence-corrected chi connectivity index (χ3v) is 6.45. The highest BCUT2D eigenvalue weighted by Gasteiger charge is 2.29. The lowest BCUT2D eigenvalue weighted by molar-refractivity contribution is -0.122. The maximum atomic E-state index is 13.2. The highest BCUT2D eigenvalue weighted by molar-refractivity contribution is 5.78. The van der Waals surface area contributed by atoms with Gasteiger partial charge in [0.15, 0.2) is 17.3 Å². The Labute approximate surface area is 213 Å². The molecule has 4 rings (SSSR count). The van der Waals surface area contributed by atoms with Gasteiger partial charge in [0.2, 0.25) is 17.1 Å². The molecule has 0 spiro atoms. The summed E-state index contributed by atoms with van der Waals surface area (Å²) in [6, 6.07) is 11.3. The minimum Gasteiger partial charge on any atom is -0.504 e. The fourth-order valence-electron chi connectivity index (χ4n) is 4.58. The summed E-state index contributed by atoms with van der Waals surface area (Å²) in [5.41, 5.74) is 0.438. The van der Waals surface area contributed by atoms with Crippen molar-refractivity contribution in [2.45, 2.75) is 38.1 Å². The molecule has 3 heterocycles. The lowest BCUT2D eigenvalue weighted by Crippen LogP contribution is -2.45. The van der Waals surface area contributed by atoms with Gasteiger partial charge in [-0.2, -0.15) is 5.26 Å². The first-order valence-corrected chi connectivity index (χ1v) is 11.9.